The molecule has 1 aliphatic heterocycles. The maximum Gasteiger partial charge on any atom is 0.318 e. The normalized spacial score (nSPS) is 25.7. The molecule has 23 heavy (non-hydrogen) atoms. The zero-order chi connectivity index (χ0) is 15.6. The summed E-state index contributed by atoms with van der Waals surface area (Å²) in [5.74, 6) is 2.52. The number of carbonyl (C=O) groups is 1. The van der Waals surface area contributed by atoms with Gasteiger partial charge in [-0.3, -0.25) is 0 Å². The maximum absolute atomic E-state index is 12.6. The third-order valence-corrected chi connectivity index (χ3v) is 5.73. The summed E-state index contributed by atoms with van der Waals surface area (Å²) < 4.78 is 5.92. The number of nitrogens with zero attached hydrogens (tertiary/aromatic N) is 3. The predicted octanol–water partition coefficient (Wildman–Crippen LogP) is 3.37. The molecule has 1 saturated heterocycles. The van der Waals surface area contributed by atoms with Gasteiger partial charge in [-0.2, -0.15) is 0 Å². The summed E-state index contributed by atoms with van der Waals surface area (Å²) in [7, 11) is 0. The van der Waals surface area contributed by atoms with Crippen molar-refractivity contribution in [3.63, 3.8) is 0 Å². The number of piperidine rings is 1. The SMILES string of the molecule is O=C(NCC1CCC1)N1CCCCC1c1nnc(C2CCC2)o1. The van der Waals surface area contributed by atoms with E-state index in [0.717, 1.165) is 51.1 Å². The van der Waals surface area contributed by atoms with Crippen LogP contribution in [0.3, 0.4) is 0 Å². The van der Waals surface area contributed by atoms with Crippen LogP contribution in [-0.4, -0.2) is 34.2 Å². The van der Waals surface area contributed by atoms with Crippen molar-refractivity contribution in [2.75, 3.05) is 13.1 Å². The van der Waals surface area contributed by atoms with Crippen LogP contribution < -0.4 is 5.32 Å². The highest BCUT2D eigenvalue weighted by atomic mass is 16.4. The summed E-state index contributed by atoms with van der Waals surface area (Å²) in [6.45, 7) is 1.58. The first kappa shape index (κ1) is 15.0. The summed E-state index contributed by atoms with van der Waals surface area (Å²) in [5, 5.41) is 11.6. The molecule has 0 radical (unpaired) electrons. The van der Waals surface area contributed by atoms with E-state index in [0.29, 0.717) is 17.7 Å². The van der Waals surface area contributed by atoms with Gasteiger partial charge in [0.25, 0.3) is 0 Å². The monoisotopic (exact) mass is 318 g/mol. The Morgan fingerprint density at radius 3 is 2.52 bits per heavy atom. The lowest BCUT2D eigenvalue weighted by molar-refractivity contribution is 0.132. The van der Waals surface area contributed by atoms with E-state index in [1.54, 1.807) is 0 Å². The van der Waals surface area contributed by atoms with Gasteiger partial charge in [-0.15, -0.1) is 10.2 Å². The van der Waals surface area contributed by atoms with Crippen LogP contribution in [0.1, 0.15) is 81.5 Å². The minimum atomic E-state index is -0.0496. The Bertz CT molecular complexity index is 551. The Morgan fingerprint density at radius 2 is 1.83 bits per heavy atom. The number of urea groups is 1. The van der Waals surface area contributed by atoms with Gasteiger partial charge in [0.1, 0.15) is 6.04 Å². The number of carbonyl (C=O) groups excluding carboxylic acids is 1. The first-order chi connectivity index (χ1) is 11.3. The van der Waals surface area contributed by atoms with Crippen LogP contribution in [0.5, 0.6) is 0 Å². The molecule has 2 amide bonds. The van der Waals surface area contributed by atoms with E-state index in [-0.39, 0.29) is 12.1 Å². The molecule has 3 fully saturated rings. The molecule has 2 heterocycles. The molecular weight excluding hydrogens is 292 g/mol. The van der Waals surface area contributed by atoms with Crippen LogP contribution in [0, 0.1) is 5.92 Å². The lowest BCUT2D eigenvalue weighted by atomic mass is 9.85. The van der Waals surface area contributed by atoms with E-state index < -0.39 is 0 Å². The molecule has 1 aromatic heterocycles. The Hall–Kier alpha value is -1.59. The zero-order valence-corrected chi connectivity index (χ0v) is 13.7. The van der Waals surface area contributed by atoms with Crippen molar-refractivity contribution < 1.29 is 9.21 Å². The largest absolute Gasteiger partial charge is 0.423 e. The molecule has 1 N–H and O–H groups in total. The second-order valence-corrected chi connectivity index (χ2v) is 7.29. The highest BCUT2D eigenvalue weighted by molar-refractivity contribution is 5.74. The van der Waals surface area contributed by atoms with Crippen LogP contribution >= 0.6 is 0 Å². The van der Waals surface area contributed by atoms with Gasteiger partial charge in [0.05, 0.1) is 0 Å². The minimum absolute atomic E-state index is 0.0324. The predicted molar refractivity (Wildman–Crippen MR) is 84.9 cm³/mol. The zero-order valence-electron chi connectivity index (χ0n) is 13.7. The molecule has 1 atom stereocenters. The molecule has 0 aromatic carbocycles. The molecule has 1 unspecified atom stereocenters. The lowest BCUT2D eigenvalue weighted by Crippen LogP contribution is -2.46. The molecule has 4 rings (SSSR count). The number of likely N-dealkylation sites (tertiary alicyclic amines) is 1. The van der Waals surface area contributed by atoms with Gasteiger partial charge in [-0.25, -0.2) is 4.79 Å². The molecule has 0 spiro atoms. The van der Waals surface area contributed by atoms with Gasteiger partial charge in [0.15, 0.2) is 0 Å². The van der Waals surface area contributed by atoms with E-state index in [9.17, 15) is 4.79 Å². The minimum Gasteiger partial charge on any atom is -0.423 e. The smallest absolute Gasteiger partial charge is 0.318 e. The number of hydrogen-bond donors (Lipinski definition) is 1. The molecule has 126 valence electrons. The van der Waals surface area contributed by atoms with Crippen molar-refractivity contribution >= 4 is 6.03 Å². The van der Waals surface area contributed by atoms with Crippen molar-refractivity contribution in [2.24, 2.45) is 5.92 Å². The van der Waals surface area contributed by atoms with Gasteiger partial charge >= 0.3 is 6.03 Å². The fourth-order valence-corrected chi connectivity index (χ4v) is 3.66. The second-order valence-electron chi connectivity index (χ2n) is 7.29. The van der Waals surface area contributed by atoms with Crippen molar-refractivity contribution in [3.8, 4) is 0 Å². The van der Waals surface area contributed by atoms with Crippen molar-refractivity contribution in [1.82, 2.24) is 20.4 Å². The second kappa shape index (κ2) is 6.49. The first-order valence-corrected chi connectivity index (χ1v) is 9.19. The molecule has 6 heteroatoms. The summed E-state index contributed by atoms with van der Waals surface area (Å²) in [6.07, 6.45) is 10.4. The van der Waals surface area contributed by atoms with E-state index in [2.05, 4.69) is 15.5 Å². The van der Waals surface area contributed by atoms with Gasteiger partial charge in [0.2, 0.25) is 11.8 Å². The van der Waals surface area contributed by atoms with Gasteiger partial charge in [-0.05, 0) is 50.9 Å². The molecule has 2 aliphatic carbocycles. The molecule has 2 saturated carbocycles. The van der Waals surface area contributed by atoms with Crippen LogP contribution in [0.2, 0.25) is 0 Å². The van der Waals surface area contributed by atoms with Crippen LogP contribution in [0.25, 0.3) is 0 Å². The van der Waals surface area contributed by atoms with Gasteiger partial charge < -0.3 is 14.6 Å². The Kier molecular flexibility index (Phi) is 4.23. The Balaban J connectivity index is 1.41. The van der Waals surface area contributed by atoms with E-state index in [1.807, 2.05) is 4.90 Å². The summed E-state index contributed by atoms with van der Waals surface area (Å²) >= 11 is 0. The van der Waals surface area contributed by atoms with E-state index in [1.165, 1.54) is 25.7 Å². The maximum atomic E-state index is 12.6. The van der Waals surface area contributed by atoms with Crippen molar-refractivity contribution in [1.29, 1.82) is 0 Å². The molecule has 1 aromatic rings. The number of rotatable bonds is 4. The standard InChI is InChI=1S/C17H26N4O2/c22-17(18-11-12-5-3-6-12)21-10-2-1-9-14(21)16-20-19-15(23-16)13-7-4-8-13/h12-14H,1-11H2,(H,18,22). The van der Waals surface area contributed by atoms with Gasteiger partial charge in [0, 0.05) is 19.0 Å². The number of aromatic nitrogens is 2. The summed E-state index contributed by atoms with van der Waals surface area (Å²) in [4.78, 5) is 14.5. The van der Waals surface area contributed by atoms with Crippen molar-refractivity contribution in [3.05, 3.63) is 11.8 Å². The average molecular weight is 318 g/mol. The number of nitrogens with one attached hydrogen (secondary N) is 1. The summed E-state index contributed by atoms with van der Waals surface area (Å²) in [6, 6.07) is -0.0172. The molecule has 3 aliphatic rings. The third kappa shape index (κ3) is 3.08. The van der Waals surface area contributed by atoms with Gasteiger partial charge in [-0.1, -0.05) is 12.8 Å². The Morgan fingerprint density at radius 1 is 1.04 bits per heavy atom. The van der Waals surface area contributed by atoms with Crippen LogP contribution in [0.15, 0.2) is 4.42 Å². The first-order valence-electron chi connectivity index (χ1n) is 9.19. The highest BCUT2D eigenvalue weighted by Crippen LogP contribution is 2.37. The average Bonchev–Trinajstić information content (AvgIpc) is 2.93. The lowest BCUT2D eigenvalue weighted by Gasteiger charge is -2.34. The number of hydrogen-bond acceptors (Lipinski definition) is 4. The Labute approximate surface area is 137 Å². The fourth-order valence-electron chi connectivity index (χ4n) is 3.66. The quantitative estimate of drug-likeness (QED) is 0.924. The van der Waals surface area contributed by atoms with Crippen molar-refractivity contribution in [2.45, 2.75) is 69.7 Å². The van der Waals surface area contributed by atoms with Crippen LogP contribution in [0.4, 0.5) is 4.79 Å². The van der Waals surface area contributed by atoms with Crippen LogP contribution in [-0.2, 0) is 0 Å². The molecular formula is C17H26N4O2. The highest BCUT2D eigenvalue weighted by Gasteiger charge is 2.34. The fraction of sp³-hybridized carbons (Fsp3) is 0.824. The summed E-state index contributed by atoms with van der Waals surface area (Å²) in [5.41, 5.74) is 0. The number of amides is 2. The molecule has 0 bridgehead atoms. The van der Waals surface area contributed by atoms with E-state index in [4.69, 9.17) is 4.42 Å². The van der Waals surface area contributed by atoms with E-state index >= 15 is 0 Å². The third-order valence-electron chi connectivity index (χ3n) is 5.73. The molecule has 6 nitrogen and oxygen atoms in total. The topological polar surface area (TPSA) is 71.3 Å².